The second kappa shape index (κ2) is 43.7. The molecule has 61 heavy (non-hydrogen) atoms. The molecule has 0 amide bonds. The van der Waals surface area contributed by atoms with E-state index in [-0.39, 0.29) is 32.0 Å². The van der Waals surface area contributed by atoms with E-state index in [2.05, 4.69) is 38.2 Å². The van der Waals surface area contributed by atoms with Gasteiger partial charge in [0.25, 0.3) is 7.82 Å². The number of rotatable bonds is 47. The van der Waals surface area contributed by atoms with E-state index in [9.17, 15) is 19.0 Å². The smallest absolute Gasteiger partial charge is 0.306 e. The molecule has 10 heteroatoms. The van der Waals surface area contributed by atoms with Crippen molar-refractivity contribution in [1.82, 2.24) is 0 Å². The fraction of sp³-hybridized carbons (Fsp3) is 0.882. The van der Waals surface area contributed by atoms with Crippen LogP contribution in [0.1, 0.15) is 239 Å². The molecule has 0 heterocycles. The predicted molar refractivity (Wildman–Crippen MR) is 254 cm³/mol. The van der Waals surface area contributed by atoms with Gasteiger partial charge in [0.1, 0.15) is 19.8 Å². The molecule has 0 saturated carbocycles. The van der Waals surface area contributed by atoms with Crippen molar-refractivity contribution in [1.29, 1.82) is 0 Å². The van der Waals surface area contributed by atoms with Crippen LogP contribution in [0, 0.1) is 0 Å². The molecule has 0 spiro atoms. The summed E-state index contributed by atoms with van der Waals surface area (Å²) in [6.45, 7) is 4.23. The molecule has 0 fully saturated rings. The number of carbonyl (C=O) groups is 2. The van der Waals surface area contributed by atoms with Crippen molar-refractivity contribution >= 4 is 19.8 Å². The zero-order valence-electron chi connectivity index (χ0n) is 40.6. The molecule has 0 rings (SSSR count). The zero-order valence-corrected chi connectivity index (χ0v) is 41.5. The summed E-state index contributed by atoms with van der Waals surface area (Å²) in [6, 6.07) is 0. The summed E-state index contributed by atoms with van der Waals surface area (Å²) in [5.41, 5.74) is 0. The van der Waals surface area contributed by atoms with Crippen LogP contribution >= 0.6 is 7.82 Å². The van der Waals surface area contributed by atoms with Crippen LogP contribution in [0.5, 0.6) is 0 Å². The number of phosphoric acid groups is 1. The van der Waals surface area contributed by atoms with E-state index >= 15 is 0 Å². The van der Waals surface area contributed by atoms with Crippen LogP contribution in [0.15, 0.2) is 24.3 Å². The number of ether oxygens (including phenoxy) is 2. The fourth-order valence-electron chi connectivity index (χ4n) is 7.22. The van der Waals surface area contributed by atoms with Gasteiger partial charge in [0, 0.05) is 12.8 Å². The molecule has 0 aliphatic carbocycles. The fourth-order valence-corrected chi connectivity index (χ4v) is 7.94. The number of hydrogen-bond donors (Lipinski definition) is 0. The molecule has 2 atom stereocenters. The number of unbranched alkanes of at least 4 members (excludes halogenated alkanes) is 29. The first-order chi connectivity index (χ1) is 29.5. The minimum atomic E-state index is -4.63. The predicted octanol–water partition coefficient (Wildman–Crippen LogP) is 14.5. The normalized spacial score (nSPS) is 13.6. The number of likely N-dealkylation sites (N-methyl/N-ethyl adjacent to an activating group) is 1. The third-order valence-corrected chi connectivity index (χ3v) is 12.2. The van der Waals surface area contributed by atoms with Crippen LogP contribution in [0.3, 0.4) is 0 Å². The van der Waals surface area contributed by atoms with Crippen molar-refractivity contribution in [3.05, 3.63) is 24.3 Å². The monoisotopic (exact) mass is 884 g/mol. The summed E-state index contributed by atoms with van der Waals surface area (Å²) >= 11 is 0. The average Bonchev–Trinajstić information content (AvgIpc) is 3.21. The lowest BCUT2D eigenvalue weighted by Gasteiger charge is -2.28. The summed E-state index contributed by atoms with van der Waals surface area (Å²) in [5, 5.41) is 0. The Hall–Kier alpha value is -1.51. The Balaban J connectivity index is 4.23. The molecule has 0 aliphatic rings. The van der Waals surface area contributed by atoms with Crippen molar-refractivity contribution < 1.29 is 42.1 Å². The lowest BCUT2D eigenvalue weighted by Crippen LogP contribution is -2.37. The summed E-state index contributed by atoms with van der Waals surface area (Å²) < 4.78 is 34.0. The third-order valence-electron chi connectivity index (χ3n) is 11.2. The highest BCUT2D eigenvalue weighted by atomic mass is 31.2. The first-order valence-electron chi connectivity index (χ1n) is 25.5. The third kappa shape index (κ3) is 47.8. The molecular formula is C51H98NO8P. The standard InChI is InChI=1S/C51H98NO8P/c1-6-8-10-12-14-16-18-20-22-24-25-26-28-29-31-33-35-37-39-41-43-50(53)57-47-49(48-59-61(55,56)58-46-45-52(3,4)5)60-51(54)44-42-40-38-36-34-32-30-27-23-21-19-17-15-13-11-9-7-2/h15,17,21,23,49H,6-14,16,18-20,22,24-48H2,1-5H3/b17-15+,23-21+/t49-/m1/s1. The minimum absolute atomic E-state index is 0.0304. The number of nitrogens with zero attached hydrogens (tertiary/aromatic N) is 1. The molecule has 0 saturated heterocycles. The van der Waals surface area contributed by atoms with E-state index < -0.39 is 26.5 Å². The second-order valence-corrected chi connectivity index (χ2v) is 20.0. The van der Waals surface area contributed by atoms with E-state index in [1.807, 2.05) is 21.1 Å². The van der Waals surface area contributed by atoms with Gasteiger partial charge >= 0.3 is 11.9 Å². The van der Waals surface area contributed by atoms with E-state index in [1.165, 1.54) is 154 Å². The maximum absolute atomic E-state index is 12.7. The number of carbonyl (C=O) groups excluding carboxylic acids is 2. The largest absolute Gasteiger partial charge is 0.756 e. The summed E-state index contributed by atoms with van der Waals surface area (Å²) in [6.07, 6.45) is 49.2. The Kier molecular flexibility index (Phi) is 42.6. The quantitative estimate of drug-likeness (QED) is 0.0195. The molecule has 9 nitrogen and oxygen atoms in total. The highest BCUT2D eigenvalue weighted by molar-refractivity contribution is 7.45. The van der Waals surface area contributed by atoms with E-state index in [0.717, 1.165) is 51.4 Å². The first-order valence-corrected chi connectivity index (χ1v) is 27.0. The summed E-state index contributed by atoms with van der Waals surface area (Å²) in [5.74, 6) is -0.831. The molecule has 0 radical (unpaired) electrons. The van der Waals surface area contributed by atoms with Crippen molar-refractivity contribution in [3.63, 3.8) is 0 Å². The Morgan fingerprint density at radius 1 is 0.508 bits per heavy atom. The Morgan fingerprint density at radius 3 is 1.33 bits per heavy atom. The van der Waals surface area contributed by atoms with Gasteiger partial charge in [0.15, 0.2) is 6.10 Å². The van der Waals surface area contributed by atoms with Gasteiger partial charge in [-0.25, -0.2) is 0 Å². The SMILES string of the molecule is CCCCC/C=C/C/C=C/CCCCCCCCCC(=O)O[C@H](COC(=O)CCCCCCCCCCCCCCCCCCCCCC)COP(=O)([O-])OCC[N+](C)(C)C. The highest BCUT2D eigenvalue weighted by Gasteiger charge is 2.21. The van der Waals surface area contributed by atoms with Crippen LogP contribution in [-0.4, -0.2) is 70.0 Å². The molecule has 0 aromatic carbocycles. The number of allylic oxidation sites excluding steroid dienone is 4. The van der Waals surface area contributed by atoms with Gasteiger partial charge in [-0.05, 0) is 44.9 Å². The van der Waals surface area contributed by atoms with Gasteiger partial charge in [0.2, 0.25) is 0 Å². The van der Waals surface area contributed by atoms with Crippen molar-refractivity contribution in [2.75, 3.05) is 47.5 Å². The van der Waals surface area contributed by atoms with Gasteiger partial charge in [-0.15, -0.1) is 0 Å². The molecule has 0 aliphatic heterocycles. The van der Waals surface area contributed by atoms with Crippen LogP contribution in [0.4, 0.5) is 0 Å². The van der Waals surface area contributed by atoms with Crippen molar-refractivity contribution in [2.45, 2.75) is 245 Å². The lowest BCUT2D eigenvalue weighted by molar-refractivity contribution is -0.870. The first kappa shape index (κ1) is 59.5. The Bertz CT molecular complexity index is 1090. The van der Waals surface area contributed by atoms with Crippen LogP contribution in [-0.2, 0) is 32.7 Å². The number of phosphoric ester groups is 1. The number of hydrogen-bond acceptors (Lipinski definition) is 8. The highest BCUT2D eigenvalue weighted by Crippen LogP contribution is 2.38. The Labute approximate surface area is 377 Å². The summed E-state index contributed by atoms with van der Waals surface area (Å²) in [4.78, 5) is 37.7. The molecule has 0 N–H and O–H groups in total. The molecule has 360 valence electrons. The van der Waals surface area contributed by atoms with E-state index in [1.54, 1.807) is 0 Å². The molecular weight excluding hydrogens is 786 g/mol. The summed E-state index contributed by atoms with van der Waals surface area (Å²) in [7, 11) is 1.17. The van der Waals surface area contributed by atoms with Gasteiger partial charge in [-0.3, -0.25) is 14.2 Å². The van der Waals surface area contributed by atoms with Gasteiger partial charge in [-0.2, -0.15) is 0 Å². The minimum Gasteiger partial charge on any atom is -0.756 e. The zero-order chi connectivity index (χ0) is 45.0. The number of quaternary nitrogens is 1. The maximum atomic E-state index is 12.7. The number of esters is 2. The lowest BCUT2D eigenvalue weighted by atomic mass is 10.0. The second-order valence-electron chi connectivity index (χ2n) is 18.5. The maximum Gasteiger partial charge on any atom is 0.306 e. The Morgan fingerprint density at radius 2 is 0.885 bits per heavy atom. The van der Waals surface area contributed by atoms with Crippen molar-refractivity contribution in [2.24, 2.45) is 0 Å². The average molecular weight is 884 g/mol. The molecule has 0 aromatic rings. The van der Waals surface area contributed by atoms with Gasteiger partial charge in [0.05, 0.1) is 27.7 Å². The van der Waals surface area contributed by atoms with Gasteiger partial charge in [-0.1, -0.05) is 205 Å². The molecule has 0 aromatic heterocycles. The van der Waals surface area contributed by atoms with Crippen molar-refractivity contribution in [3.8, 4) is 0 Å². The molecule has 0 bridgehead atoms. The molecule has 1 unspecified atom stereocenters. The van der Waals surface area contributed by atoms with E-state index in [0.29, 0.717) is 17.4 Å². The van der Waals surface area contributed by atoms with Gasteiger partial charge < -0.3 is 27.9 Å². The van der Waals surface area contributed by atoms with Crippen LogP contribution in [0.25, 0.3) is 0 Å². The van der Waals surface area contributed by atoms with E-state index in [4.69, 9.17) is 18.5 Å². The topological polar surface area (TPSA) is 111 Å². The van der Waals surface area contributed by atoms with Crippen LogP contribution in [0.2, 0.25) is 0 Å². The van der Waals surface area contributed by atoms with Crippen LogP contribution < -0.4 is 4.89 Å².